The number of hydrogen-bond donors (Lipinski definition) is 2. The van der Waals surface area contributed by atoms with Gasteiger partial charge in [-0.15, -0.1) is 12.4 Å². The van der Waals surface area contributed by atoms with E-state index in [1.165, 1.54) is 12.1 Å². The van der Waals surface area contributed by atoms with Crippen LogP contribution in [0.15, 0.2) is 30.3 Å². The summed E-state index contributed by atoms with van der Waals surface area (Å²) in [5.74, 6) is 2.29. The van der Waals surface area contributed by atoms with Gasteiger partial charge >= 0.3 is 0 Å². The fourth-order valence-corrected chi connectivity index (χ4v) is 3.49. The number of aromatic nitrogens is 2. The van der Waals surface area contributed by atoms with Gasteiger partial charge in [0.1, 0.15) is 11.6 Å². The number of hydrogen-bond acceptors (Lipinski definition) is 4. The summed E-state index contributed by atoms with van der Waals surface area (Å²) < 4.78 is 14.7. The number of nitrogens with one attached hydrogen (secondary N) is 2. The molecule has 1 aliphatic heterocycles. The number of amides is 1. The van der Waals surface area contributed by atoms with E-state index in [-0.39, 0.29) is 30.2 Å². The molecule has 0 spiro atoms. The standard InChI is InChI=1S/C16H19FN4OS.ClH/c1-11-8-15(19-16(22)9-13-10-23-7-6-18-13)21(20-11)14-4-2-12(17)3-5-14;/h2-5,8,13,18H,6-7,9-10H2,1H3,(H,19,22);1H. The van der Waals surface area contributed by atoms with Crippen LogP contribution in [0.4, 0.5) is 10.2 Å². The van der Waals surface area contributed by atoms with Crippen LogP contribution < -0.4 is 10.6 Å². The molecule has 0 aliphatic carbocycles. The zero-order valence-electron chi connectivity index (χ0n) is 13.3. The molecule has 1 unspecified atom stereocenters. The minimum absolute atomic E-state index is 0. The van der Waals surface area contributed by atoms with Crippen molar-refractivity contribution in [1.29, 1.82) is 0 Å². The topological polar surface area (TPSA) is 59.0 Å². The first-order valence-corrected chi connectivity index (χ1v) is 8.71. The van der Waals surface area contributed by atoms with Crippen LogP contribution in [-0.4, -0.2) is 39.8 Å². The molecule has 0 radical (unpaired) electrons. The summed E-state index contributed by atoms with van der Waals surface area (Å²) in [6, 6.07) is 8.04. The van der Waals surface area contributed by atoms with E-state index in [1.54, 1.807) is 16.8 Å². The summed E-state index contributed by atoms with van der Waals surface area (Å²) in [5, 5.41) is 10.6. The molecule has 1 atom stereocenters. The molecule has 8 heteroatoms. The summed E-state index contributed by atoms with van der Waals surface area (Å²) in [6.07, 6.45) is 0.431. The van der Waals surface area contributed by atoms with Crippen LogP contribution >= 0.6 is 24.2 Å². The molecule has 0 saturated carbocycles. The summed E-state index contributed by atoms with van der Waals surface area (Å²) in [4.78, 5) is 12.3. The van der Waals surface area contributed by atoms with Crippen LogP contribution in [-0.2, 0) is 4.79 Å². The lowest BCUT2D eigenvalue weighted by atomic mass is 10.2. The van der Waals surface area contributed by atoms with Gasteiger partial charge in [0.05, 0.1) is 11.4 Å². The van der Waals surface area contributed by atoms with Crippen molar-refractivity contribution < 1.29 is 9.18 Å². The quantitative estimate of drug-likeness (QED) is 0.868. The van der Waals surface area contributed by atoms with Crippen LogP contribution in [0.2, 0.25) is 0 Å². The lowest BCUT2D eigenvalue weighted by Gasteiger charge is -2.22. The van der Waals surface area contributed by atoms with Crippen LogP contribution in [0.5, 0.6) is 0 Å². The highest BCUT2D eigenvalue weighted by atomic mass is 35.5. The monoisotopic (exact) mass is 370 g/mol. The van der Waals surface area contributed by atoms with Crippen molar-refractivity contribution in [3.8, 4) is 5.69 Å². The number of nitrogens with zero attached hydrogens (tertiary/aromatic N) is 2. The van der Waals surface area contributed by atoms with E-state index in [0.29, 0.717) is 17.9 Å². The van der Waals surface area contributed by atoms with Crippen molar-refractivity contribution in [2.45, 2.75) is 19.4 Å². The smallest absolute Gasteiger partial charge is 0.227 e. The van der Waals surface area contributed by atoms with Gasteiger partial charge in [-0.3, -0.25) is 4.79 Å². The molecule has 1 fully saturated rings. The number of aryl methyl sites for hydroxylation is 1. The maximum atomic E-state index is 13.1. The van der Waals surface area contributed by atoms with E-state index >= 15 is 0 Å². The Bertz CT molecular complexity index is 686. The highest BCUT2D eigenvalue weighted by Crippen LogP contribution is 2.18. The number of thioether (sulfide) groups is 1. The Morgan fingerprint density at radius 1 is 1.46 bits per heavy atom. The van der Waals surface area contributed by atoms with Gasteiger partial charge in [-0.25, -0.2) is 9.07 Å². The Kier molecular flexibility index (Phi) is 6.65. The number of carbonyl (C=O) groups excluding carboxylic acids is 1. The van der Waals surface area contributed by atoms with Gasteiger partial charge < -0.3 is 10.6 Å². The maximum Gasteiger partial charge on any atom is 0.227 e. The Morgan fingerprint density at radius 3 is 2.88 bits per heavy atom. The number of halogens is 2. The van der Waals surface area contributed by atoms with E-state index in [2.05, 4.69) is 15.7 Å². The van der Waals surface area contributed by atoms with Crippen LogP contribution in [0.1, 0.15) is 12.1 Å². The molecule has 130 valence electrons. The summed E-state index contributed by atoms with van der Waals surface area (Å²) in [6.45, 7) is 2.80. The fourth-order valence-electron chi connectivity index (χ4n) is 2.54. The van der Waals surface area contributed by atoms with Crippen LogP contribution in [0, 0.1) is 12.7 Å². The van der Waals surface area contributed by atoms with Crippen molar-refractivity contribution >= 4 is 35.9 Å². The highest BCUT2D eigenvalue weighted by Gasteiger charge is 2.18. The summed E-state index contributed by atoms with van der Waals surface area (Å²) >= 11 is 1.86. The Balaban J connectivity index is 0.00000208. The maximum absolute atomic E-state index is 13.1. The van der Waals surface area contributed by atoms with E-state index in [1.807, 2.05) is 24.8 Å². The molecular formula is C16H20ClFN4OS. The van der Waals surface area contributed by atoms with Gasteiger partial charge in [0.15, 0.2) is 0 Å². The van der Waals surface area contributed by atoms with Crippen molar-refractivity contribution in [2.24, 2.45) is 0 Å². The molecule has 1 aliphatic rings. The second-order valence-corrected chi connectivity index (χ2v) is 6.69. The molecule has 2 N–H and O–H groups in total. The van der Waals surface area contributed by atoms with Crippen molar-refractivity contribution in [1.82, 2.24) is 15.1 Å². The Morgan fingerprint density at radius 2 is 2.21 bits per heavy atom. The van der Waals surface area contributed by atoms with Crippen LogP contribution in [0.3, 0.4) is 0 Å². The summed E-state index contributed by atoms with van der Waals surface area (Å²) in [5.41, 5.74) is 1.50. The van der Waals surface area contributed by atoms with Gasteiger partial charge in [-0.1, -0.05) is 0 Å². The average molecular weight is 371 g/mol. The second kappa shape index (κ2) is 8.50. The lowest BCUT2D eigenvalue weighted by Crippen LogP contribution is -2.40. The third-order valence-electron chi connectivity index (χ3n) is 3.60. The average Bonchev–Trinajstić information content (AvgIpc) is 2.89. The third-order valence-corrected chi connectivity index (χ3v) is 4.73. The SMILES string of the molecule is Cc1cc(NC(=O)CC2CSCCN2)n(-c2ccc(F)cc2)n1.Cl. The van der Waals surface area contributed by atoms with E-state index < -0.39 is 0 Å². The fraction of sp³-hybridized carbons (Fsp3) is 0.375. The number of anilines is 1. The van der Waals surface area contributed by atoms with Gasteiger partial charge in [0, 0.05) is 36.6 Å². The van der Waals surface area contributed by atoms with Crippen molar-refractivity contribution in [3.63, 3.8) is 0 Å². The van der Waals surface area contributed by atoms with Gasteiger partial charge in [0.2, 0.25) is 5.91 Å². The predicted octanol–water partition coefficient (Wildman–Crippen LogP) is 2.78. The summed E-state index contributed by atoms with van der Waals surface area (Å²) in [7, 11) is 0. The first-order chi connectivity index (χ1) is 11.1. The predicted molar refractivity (Wildman–Crippen MR) is 97.9 cm³/mol. The zero-order valence-corrected chi connectivity index (χ0v) is 14.9. The molecule has 2 aromatic rings. The van der Waals surface area contributed by atoms with Gasteiger partial charge in [-0.2, -0.15) is 16.9 Å². The minimum Gasteiger partial charge on any atom is -0.312 e. The number of rotatable bonds is 4. The van der Waals surface area contributed by atoms with E-state index in [0.717, 1.165) is 23.7 Å². The molecule has 1 aromatic carbocycles. The molecule has 0 bridgehead atoms. The van der Waals surface area contributed by atoms with E-state index in [4.69, 9.17) is 0 Å². The van der Waals surface area contributed by atoms with Crippen LogP contribution in [0.25, 0.3) is 5.69 Å². The van der Waals surface area contributed by atoms with Crippen molar-refractivity contribution in [2.75, 3.05) is 23.4 Å². The molecule has 24 heavy (non-hydrogen) atoms. The number of benzene rings is 1. The molecule has 5 nitrogen and oxygen atoms in total. The molecular weight excluding hydrogens is 351 g/mol. The largest absolute Gasteiger partial charge is 0.312 e. The van der Waals surface area contributed by atoms with Gasteiger partial charge in [-0.05, 0) is 31.2 Å². The first-order valence-electron chi connectivity index (χ1n) is 7.55. The highest BCUT2D eigenvalue weighted by molar-refractivity contribution is 7.99. The molecule has 1 aromatic heterocycles. The lowest BCUT2D eigenvalue weighted by molar-refractivity contribution is -0.116. The van der Waals surface area contributed by atoms with Crippen molar-refractivity contribution in [3.05, 3.63) is 41.8 Å². The molecule has 3 rings (SSSR count). The third kappa shape index (κ3) is 4.72. The first kappa shape index (κ1) is 18.8. The molecule has 1 amide bonds. The second-order valence-electron chi connectivity index (χ2n) is 5.54. The van der Waals surface area contributed by atoms with E-state index in [9.17, 15) is 9.18 Å². The number of carbonyl (C=O) groups is 1. The minimum atomic E-state index is -0.302. The zero-order chi connectivity index (χ0) is 16.2. The Labute approximate surface area is 150 Å². The molecule has 1 saturated heterocycles. The molecule has 2 heterocycles. The van der Waals surface area contributed by atoms with Gasteiger partial charge in [0.25, 0.3) is 0 Å². The normalized spacial score (nSPS) is 17.2. The Hall–Kier alpha value is -1.57.